The molecule has 0 saturated heterocycles. The van der Waals surface area contributed by atoms with Gasteiger partial charge in [-0.25, -0.2) is 0 Å². The van der Waals surface area contributed by atoms with E-state index in [1.165, 1.54) is 0 Å². The number of hydrogen-bond acceptors (Lipinski definition) is 6. The maximum absolute atomic E-state index is 6.04. The van der Waals surface area contributed by atoms with Crippen molar-refractivity contribution in [3.05, 3.63) is 0 Å². The fourth-order valence-electron chi connectivity index (χ4n) is 1.50. The van der Waals surface area contributed by atoms with Gasteiger partial charge in [-0.2, -0.15) is 0 Å². The molecule has 0 amide bonds. The molecule has 0 spiro atoms. The van der Waals surface area contributed by atoms with Gasteiger partial charge in [0.1, 0.15) is 0 Å². The maximum atomic E-state index is 6.04. The standard InChI is InChI=1S/C10H27NO5Si2/c1-6-14-18(15-7-2,10-8-9-11)16-17(5,12-3)13-4/h6-11H2,1-5H3. The lowest BCUT2D eigenvalue weighted by Gasteiger charge is -2.35. The Kier molecular flexibility index (Phi) is 9.25. The van der Waals surface area contributed by atoms with Crippen LogP contribution in [-0.4, -0.2) is 51.6 Å². The van der Waals surface area contributed by atoms with E-state index in [1.807, 2.05) is 20.4 Å². The molecule has 2 N–H and O–H groups in total. The van der Waals surface area contributed by atoms with E-state index in [-0.39, 0.29) is 0 Å². The fraction of sp³-hybridized carbons (Fsp3) is 1.00. The Morgan fingerprint density at radius 1 is 1.00 bits per heavy atom. The molecule has 0 atom stereocenters. The largest absolute Gasteiger partial charge is 0.493 e. The Balaban J connectivity index is 4.89. The van der Waals surface area contributed by atoms with Gasteiger partial charge in [0.15, 0.2) is 0 Å². The van der Waals surface area contributed by atoms with Gasteiger partial charge in [-0.3, -0.25) is 0 Å². The minimum atomic E-state index is -2.76. The van der Waals surface area contributed by atoms with Crippen LogP contribution in [0, 0.1) is 0 Å². The van der Waals surface area contributed by atoms with E-state index in [2.05, 4.69) is 0 Å². The van der Waals surface area contributed by atoms with Crippen molar-refractivity contribution < 1.29 is 21.8 Å². The molecular weight excluding hydrogens is 270 g/mol. The highest BCUT2D eigenvalue weighted by molar-refractivity contribution is 6.74. The number of rotatable bonds is 11. The molecule has 0 heterocycles. The van der Waals surface area contributed by atoms with Crippen molar-refractivity contribution in [3.8, 4) is 0 Å². The molecule has 0 bridgehead atoms. The third-order valence-corrected chi connectivity index (χ3v) is 9.13. The van der Waals surface area contributed by atoms with Crippen molar-refractivity contribution in [1.29, 1.82) is 0 Å². The van der Waals surface area contributed by atoms with E-state index >= 15 is 0 Å². The van der Waals surface area contributed by atoms with Gasteiger partial charge in [0.05, 0.1) is 0 Å². The first-order valence-corrected chi connectivity index (χ1v) is 10.5. The maximum Gasteiger partial charge on any atom is 0.493 e. The van der Waals surface area contributed by atoms with Crippen LogP contribution in [0.15, 0.2) is 0 Å². The third-order valence-electron chi connectivity index (χ3n) is 2.50. The number of hydrogen-bond donors (Lipinski definition) is 1. The molecule has 0 unspecified atom stereocenters. The Morgan fingerprint density at radius 2 is 1.50 bits per heavy atom. The molecular formula is C10H27NO5Si2. The molecule has 0 fully saturated rings. The Hall–Kier alpha value is 0.194. The highest BCUT2D eigenvalue weighted by Gasteiger charge is 2.49. The minimum Gasteiger partial charge on any atom is -0.377 e. The molecule has 0 aromatic carbocycles. The first kappa shape index (κ1) is 18.2. The lowest BCUT2D eigenvalue weighted by molar-refractivity contribution is 0.0684. The molecule has 0 aliphatic heterocycles. The van der Waals surface area contributed by atoms with Gasteiger partial charge >= 0.3 is 17.6 Å². The average Bonchev–Trinajstić information content (AvgIpc) is 2.37. The first-order valence-electron chi connectivity index (χ1n) is 6.29. The van der Waals surface area contributed by atoms with Crippen LogP contribution in [0.2, 0.25) is 12.6 Å². The molecule has 0 aliphatic carbocycles. The van der Waals surface area contributed by atoms with E-state index in [1.54, 1.807) is 14.2 Å². The SMILES string of the molecule is CCO[Si](CCCN)(OCC)O[Si](C)(OC)OC. The summed E-state index contributed by atoms with van der Waals surface area (Å²) in [6.45, 7) is 7.32. The second-order valence-corrected chi connectivity index (χ2v) is 9.62. The first-order chi connectivity index (χ1) is 8.51. The summed E-state index contributed by atoms with van der Waals surface area (Å²) in [5.74, 6) is 0. The van der Waals surface area contributed by atoms with Crippen molar-refractivity contribution in [2.75, 3.05) is 34.0 Å². The van der Waals surface area contributed by atoms with Crippen LogP contribution in [0.3, 0.4) is 0 Å². The lowest BCUT2D eigenvalue weighted by Crippen LogP contribution is -2.56. The second-order valence-electron chi connectivity index (χ2n) is 3.81. The molecule has 0 aromatic heterocycles. The molecule has 110 valence electrons. The highest BCUT2D eigenvalue weighted by atomic mass is 28.5. The molecule has 0 radical (unpaired) electrons. The van der Waals surface area contributed by atoms with Crippen LogP contribution in [-0.2, 0) is 21.8 Å². The van der Waals surface area contributed by atoms with Gasteiger partial charge in [0.2, 0.25) is 0 Å². The molecule has 0 aliphatic rings. The van der Waals surface area contributed by atoms with Gasteiger partial charge in [-0.05, 0) is 26.8 Å². The quantitative estimate of drug-likeness (QED) is 0.578. The summed E-state index contributed by atoms with van der Waals surface area (Å²) in [7, 11) is -2.29. The van der Waals surface area contributed by atoms with Gasteiger partial charge in [0, 0.05) is 40.0 Å². The lowest BCUT2D eigenvalue weighted by atomic mass is 10.5. The summed E-state index contributed by atoms with van der Waals surface area (Å²) in [6, 6.07) is 0.681. The third kappa shape index (κ3) is 5.89. The Morgan fingerprint density at radius 3 is 1.83 bits per heavy atom. The van der Waals surface area contributed by atoms with Crippen LogP contribution in [0.25, 0.3) is 0 Å². The van der Waals surface area contributed by atoms with Crippen LogP contribution >= 0.6 is 0 Å². The van der Waals surface area contributed by atoms with Crippen LogP contribution < -0.4 is 5.73 Å². The summed E-state index contributed by atoms with van der Waals surface area (Å²) < 4.78 is 28.3. The van der Waals surface area contributed by atoms with E-state index < -0.39 is 17.6 Å². The molecule has 0 aromatic rings. The summed E-state index contributed by atoms with van der Waals surface area (Å²) in [6.07, 6.45) is 0.796. The van der Waals surface area contributed by atoms with Gasteiger partial charge in [-0.1, -0.05) is 0 Å². The Labute approximate surface area is 112 Å². The van der Waals surface area contributed by atoms with Gasteiger partial charge in [-0.15, -0.1) is 0 Å². The van der Waals surface area contributed by atoms with Crippen LogP contribution in [0.4, 0.5) is 0 Å². The zero-order valence-corrected chi connectivity index (χ0v) is 14.2. The van der Waals surface area contributed by atoms with E-state index in [9.17, 15) is 0 Å². The van der Waals surface area contributed by atoms with Gasteiger partial charge < -0.3 is 27.6 Å². The van der Waals surface area contributed by atoms with Crippen molar-refractivity contribution in [2.45, 2.75) is 32.9 Å². The predicted octanol–water partition coefficient (Wildman–Crippen LogP) is 1.23. The zero-order valence-electron chi connectivity index (χ0n) is 12.2. The average molecular weight is 298 g/mol. The monoisotopic (exact) mass is 297 g/mol. The summed E-state index contributed by atoms with van der Waals surface area (Å²) in [5, 5.41) is 0. The smallest absolute Gasteiger partial charge is 0.377 e. The van der Waals surface area contributed by atoms with E-state index in [4.69, 9.17) is 27.6 Å². The fourth-order valence-corrected chi connectivity index (χ4v) is 7.37. The van der Waals surface area contributed by atoms with Crippen molar-refractivity contribution in [2.24, 2.45) is 5.73 Å². The molecule has 0 saturated carbocycles. The Bertz CT molecular complexity index is 210. The number of nitrogens with two attached hydrogens (primary N) is 1. The minimum absolute atomic E-state index is 0.536. The second kappa shape index (κ2) is 9.15. The van der Waals surface area contributed by atoms with Crippen LogP contribution in [0.5, 0.6) is 0 Å². The van der Waals surface area contributed by atoms with E-state index in [0.29, 0.717) is 25.8 Å². The zero-order chi connectivity index (χ0) is 14.1. The molecule has 0 rings (SSSR count). The molecule has 18 heavy (non-hydrogen) atoms. The van der Waals surface area contributed by atoms with Crippen molar-refractivity contribution >= 4 is 17.6 Å². The topological polar surface area (TPSA) is 72.2 Å². The van der Waals surface area contributed by atoms with Gasteiger partial charge in [0.25, 0.3) is 0 Å². The predicted molar refractivity (Wildman–Crippen MR) is 74.2 cm³/mol. The van der Waals surface area contributed by atoms with Crippen molar-refractivity contribution in [3.63, 3.8) is 0 Å². The summed E-state index contributed by atoms with van der Waals surface area (Å²) in [4.78, 5) is 0. The van der Waals surface area contributed by atoms with Crippen molar-refractivity contribution in [1.82, 2.24) is 0 Å². The normalized spacial score (nSPS) is 13.0. The van der Waals surface area contributed by atoms with E-state index in [0.717, 1.165) is 6.42 Å². The molecule has 6 nitrogen and oxygen atoms in total. The highest BCUT2D eigenvalue weighted by Crippen LogP contribution is 2.23. The summed E-state index contributed by atoms with van der Waals surface area (Å²) in [5.41, 5.74) is 5.56. The van der Waals surface area contributed by atoms with Crippen LogP contribution in [0.1, 0.15) is 20.3 Å². The summed E-state index contributed by atoms with van der Waals surface area (Å²) >= 11 is 0. The molecule has 8 heteroatoms.